The summed E-state index contributed by atoms with van der Waals surface area (Å²) < 4.78 is 0. The highest BCUT2D eigenvalue weighted by molar-refractivity contribution is 5.48. The van der Waals surface area contributed by atoms with Crippen LogP contribution in [-0.4, -0.2) is 29.6 Å². The van der Waals surface area contributed by atoms with E-state index in [0.717, 1.165) is 44.1 Å². The van der Waals surface area contributed by atoms with E-state index in [4.69, 9.17) is 0 Å². The van der Waals surface area contributed by atoms with Crippen LogP contribution in [0.25, 0.3) is 0 Å². The third-order valence-electron chi connectivity index (χ3n) is 2.39. The fourth-order valence-corrected chi connectivity index (χ4v) is 1.67. The first-order chi connectivity index (χ1) is 8.31. The maximum absolute atomic E-state index is 4.33. The van der Waals surface area contributed by atoms with Crippen molar-refractivity contribution in [3.05, 3.63) is 25.0 Å². The van der Waals surface area contributed by atoms with Crippen molar-refractivity contribution < 1.29 is 0 Å². The molecule has 0 bridgehead atoms. The molecule has 0 amide bonds. The molecule has 4 heteroatoms. The minimum absolute atomic E-state index is 0.720. The fraction of sp³-hybridized carbons (Fsp3) is 0.538. The third-order valence-corrected chi connectivity index (χ3v) is 2.39. The molecule has 0 saturated heterocycles. The van der Waals surface area contributed by atoms with E-state index < -0.39 is 0 Å². The van der Waals surface area contributed by atoms with Crippen LogP contribution in [0.4, 0.5) is 11.6 Å². The summed E-state index contributed by atoms with van der Waals surface area (Å²) in [5.41, 5.74) is 0. The fourth-order valence-electron chi connectivity index (χ4n) is 1.67. The van der Waals surface area contributed by atoms with Gasteiger partial charge in [0.2, 0.25) is 0 Å². The van der Waals surface area contributed by atoms with Crippen molar-refractivity contribution in [2.45, 2.75) is 26.7 Å². The van der Waals surface area contributed by atoms with Gasteiger partial charge in [0.25, 0.3) is 0 Å². The number of rotatable bonds is 8. The normalized spacial score (nSPS) is 10.0. The zero-order valence-corrected chi connectivity index (χ0v) is 10.8. The van der Waals surface area contributed by atoms with E-state index in [1.165, 1.54) is 0 Å². The van der Waals surface area contributed by atoms with Crippen LogP contribution in [0.2, 0.25) is 0 Å². The average molecular weight is 234 g/mol. The lowest BCUT2D eigenvalue weighted by Gasteiger charge is -2.22. The van der Waals surface area contributed by atoms with Gasteiger partial charge in [-0.25, -0.2) is 9.97 Å². The molecular formula is C13H22N4. The lowest BCUT2D eigenvalue weighted by Crippen LogP contribution is -2.26. The lowest BCUT2D eigenvalue weighted by molar-refractivity contribution is 0.733. The Balaban J connectivity index is 2.75. The first-order valence-electron chi connectivity index (χ1n) is 6.23. The molecule has 1 aromatic heterocycles. The Labute approximate surface area is 104 Å². The maximum atomic E-state index is 4.33. The SMILES string of the molecule is C=CCNc1cc(N(CCC)CCC)ncn1. The molecule has 0 unspecified atom stereocenters. The van der Waals surface area contributed by atoms with Crippen LogP contribution in [0.3, 0.4) is 0 Å². The molecule has 0 atom stereocenters. The Morgan fingerprint density at radius 2 is 2.00 bits per heavy atom. The molecule has 1 rings (SSSR count). The Bertz CT molecular complexity index is 332. The molecule has 0 aliphatic heterocycles. The van der Waals surface area contributed by atoms with Gasteiger partial charge in [-0.05, 0) is 12.8 Å². The van der Waals surface area contributed by atoms with Crippen molar-refractivity contribution in [2.24, 2.45) is 0 Å². The molecule has 0 spiro atoms. The van der Waals surface area contributed by atoms with E-state index in [1.54, 1.807) is 6.33 Å². The van der Waals surface area contributed by atoms with E-state index in [-0.39, 0.29) is 0 Å². The standard InChI is InChI=1S/C13H22N4/c1-4-7-14-12-10-13(16-11-15-12)17(8-5-2)9-6-3/h4,10-11H,1,5-9H2,2-3H3,(H,14,15,16). The number of hydrogen-bond donors (Lipinski definition) is 1. The highest BCUT2D eigenvalue weighted by Crippen LogP contribution is 2.14. The molecule has 17 heavy (non-hydrogen) atoms. The zero-order valence-electron chi connectivity index (χ0n) is 10.8. The number of hydrogen-bond acceptors (Lipinski definition) is 4. The molecule has 0 saturated carbocycles. The molecule has 1 N–H and O–H groups in total. The second kappa shape index (κ2) is 7.65. The van der Waals surface area contributed by atoms with Crippen molar-refractivity contribution in [1.29, 1.82) is 0 Å². The van der Waals surface area contributed by atoms with Crippen LogP contribution >= 0.6 is 0 Å². The molecule has 94 valence electrons. The second-order valence-corrected chi connectivity index (χ2v) is 3.92. The average Bonchev–Trinajstić information content (AvgIpc) is 2.36. The Morgan fingerprint density at radius 3 is 2.59 bits per heavy atom. The Morgan fingerprint density at radius 1 is 1.29 bits per heavy atom. The predicted molar refractivity (Wildman–Crippen MR) is 73.5 cm³/mol. The number of anilines is 2. The van der Waals surface area contributed by atoms with Gasteiger partial charge in [0.1, 0.15) is 18.0 Å². The number of nitrogens with zero attached hydrogens (tertiary/aromatic N) is 3. The molecule has 1 aromatic rings. The van der Waals surface area contributed by atoms with Gasteiger partial charge in [0.15, 0.2) is 0 Å². The van der Waals surface area contributed by atoms with Gasteiger partial charge in [0, 0.05) is 25.7 Å². The minimum atomic E-state index is 0.720. The summed E-state index contributed by atoms with van der Waals surface area (Å²) in [7, 11) is 0. The minimum Gasteiger partial charge on any atom is -0.366 e. The van der Waals surface area contributed by atoms with Crippen LogP contribution in [0, 0.1) is 0 Å². The number of aromatic nitrogens is 2. The molecule has 0 aliphatic carbocycles. The van der Waals surface area contributed by atoms with Crippen LogP contribution < -0.4 is 10.2 Å². The van der Waals surface area contributed by atoms with Gasteiger partial charge in [-0.3, -0.25) is 0 Å². The van der Waals surface area contributed by atoms with Crippen molar-refractivity contribution in [1.82, 2.24) is 9.97 Å². The molecular weight excluding hydrogens is 212 g/mol. The summed E-state index contributed by atoms with van der Waals surface area (Å²) in [6.07, 6.45) is 5.68. The highest BCUT2D eigenvalue weighted by atomic mass is 15.2. The van der Waals surface area contributed by atoms with Gasteiger partial charge >= 0.3 is 0 Å². The van der Waals surface area contributed by atoms with Gasteiger partial charge in [-0.1, -0.05) is 19.9 Å². The highest BCUT2D eigenvalue weighted by Gasteiger charge is 2.06. The largest absolute Gasteiger partial charge is 0.366 e. The maximum Gasteiger partial charge on any atom is 0.134 e. The van der Waals surface area contributed by atoms with E-state index >= 15 is 0 Å². The molecule has 0 fully saturated rings. The number of nitrogens with one attached hydrogen (secondary N) is 1. The summed E-state index contributed by atoms with van der Waals surface area (Å²) in [6.45, 7) is 10.8. The van der Waals surface area contributed by atoms with Crippen LogP contribution in [0.15, 0.2) is 25.0 Å². The van der Waals surface area contributed by atoms with Crippen LogP contribution in [-0.2, 0) is 0 Å². The first-order valence-corrected chi connectivity index (χ1v) is 6.23. The van der Waals surface area contributed by atoms with Crippen molar-refractivity contribution in [3.8, 4) is 0 Å². The van der Waals surface area contributed by atoms with Crippen molar-refractivity contribution in [3.63, 3.8) is 0 Å². The zero-order chi connectivity index (χ0) is 12.5. The summed E-state index contributed by atoms with van der Waals surface area (Å²) in [5.74, 6) is 1.85. The molecule has 0 aliphatic rings. The Kier molecular flexibility index (Phi) is 6.07. The van der Waals surface area contributed by atoms with E-state index in [0.29, 0.717) is 0 Å². The molecule has 0 aromatic carbocycles. The van der Waals surface area contributed by atoms with E-state index in [1.807, 2.05) is 12.1 Å². The summed E-state index contributed by atoms with van der Waals surface area (Å²) in [6, 6.07) is 1.99. The van der Waals surface area contributed by atoms with Crippen molar-refractivity contribution >= 4 is 11.6 Å². The van der Waals surface area contributed by atoms with Gasteiger partial charge in [0.05, 0.1) is 0 Å². The van der Waals surface area contributed by atoms with Crippen molar-refractivity contribution in [2.75, 3.05) is 29.9 Å². The third kappa shape index (κ3) is 4.43. The summed E-state index contributed by atoms with van der Waals surface area (Å²) in [5, 5.41) is 3.18. The molecule has 0 radical (unpaired) electrons. The van der Waals surface area contributed by atoms with Gasteiger partial charge in [-0.2, -0.15) is 0 Å². The van der Waals surface area contributed by atoms with Crippen LogP contribution in [0.1, 0.15) is 26.7 Å². The monoisotopic (exact) mass is 234 g/mol. The predicted octanol–water partition coefficient (Wildman–Crippen LogP) is 2.70. The first kappa shape index (κ1) is 13.5. The second-order valence-electron chi connectivity index (χ2n) is 3.92. The van der Waals surface area contributed by atoms with E-state index in [9.17, 15) is 0 Å². The Hall–Kier alpha value is -1.58. The lowest BCUT2D eigenvalue weighted by atomic mass is 10.3. The summed E-state index contributed by atoms with van der Waals surface area (Å²) >= 11 is 0. The molecule has 1 heterocycles. The topological polar surface area (TPSA) is 41.0 Å². The van der Waals surface area contributed by atoms with Gasteiger partial charge < -0.3 is 10.2 Å². The smallest absolute Gasteiger partial charge is 0.134 e. The quantitative estimate of drug-likeness (QED) is 0.702. The van der Waals surface area contributed by atoms with Crippen LogP contribution in [0.5, 0.6) is 0 Å². The molecule has 4 nitrogen and oxygen atoms in total. The van der Waals surface area contributed by atoms with E-state index in [2.05, 4.69) is 40.6 Å². The summed E-state index contributed by atoms with van der Waals surface area (Å²) in [4.78, 5) is 10.8. The van der Waals surface area contributed by atoms with Gasteiger partial charge in [-0.15, -0.1) is 6.58 Å².